The lowest BCUT2D eigenvalue weighted by atomic mass is 10.2. The molecule has 116 valence electrons. The summed E-state index contributed by atoms with van der Waals surface area (Å²) in [6, 6.07) is 5.09. The summed E-state index contributed by atoms with van der Waals surface area (Å²) in [5, 5.41) is 4.67. The second kappa shape index (κ2) is 7.04. The first-order valence-electron chi connectivity index (χ1n) is 6.66. The van der Waals surface area contributed by atoms with Crippen LogP contribution in [0, 0.1) is 0 Å². The Morgan fingerprint density at radius 3 is 2.77 bits per heavy atom. The minimum absolute atomic E-state index is 0.138. The van der Waals surface area contributed by atoms with Crippen LogP contribution in [0.1, 0.15) is 45.6 Å². The molecule has 0 fully saturated rings. The lowest BCUT2D eigenvalue weighted by Crippen LogP contribution is -2.30. The van der Waals surface area contributed by atoms with Crippen LogP contribution >= 0.6 is 11.3 Å². The van der Waals surface area contributed by atoms with E-state index in [1.54, 1.807) is 11.3 Å². The molecule has 0 aliphatic carbocycles. The molecule has 7 heteroatoms. The zero-order chi connectivity index (χ0) is 16.1. The van der Waals surface area contributed by atoms with Crippen LogP contribution in [0.25, 0.3) is 0 Å². The largest absolute Gasteiger partial charge is 0.451 e. The van der Waals surface area contributed by atoms with E-state index in [2.05, 4.69) is 10.3 Å². The molecule has 22 heavy (non-hydrogen) atoms. The summed E-state index contributed by atoms with van der Waals surface area (Å²) in [6.45, 7) is 2.89. The van der Waals surface area contributed by atoms with Gasteiger partial charge in [-0.25, -0.2) is 4.79 Å². The lowest BCUT2D eigenvalue weighted by molar-refractivity contribution is -0.124. The Labute approximate surface area is 131 Å². The molecule has 0 aliphatic rings. The van der Waals surface area contributed by atoms with E-state index in [4.69, 9.17) is 4.74 Å². The summed E-state index contributed by atoms with van der Waals surface area (Å²) in [6.07, 6.45) is 1.43. The molecule has 0 saturated carbocycles. The van der Waals surface area contributed by atoms with Crippen LogP contribution in [0.2, 0.25) is 0 Å². The van der Waals surface area contributed by atoms with Gasteiger partial charge in [0.2, 0.25) is 0 Å². The molecule has 0 aromatic carbocycles. The van der Waals surface area contributed by atoms with E-state index in [1.807, 2.05) is 24.4 Å². The van der Waals surface area contributed by atoms with Crippen molar-refractivity contribution in [2.75, 3.05) is 6.61 Å². The molecule has 0 saturated heterocycles. The van der Waals surface area contributed by atoms with Crippen LogP contribution in [-0.2, 0) is 9.53 Å². The molecule has 0 bridgehead atoms. The summed E-state index contributed by atoms with van der Waals surface area (Å²) in [4.78, 5) is 38.3. The van der Waals surface area contributed by atoms with Crippen molar-refractivity contribution in [3.63, 3.8) is 0 Å². The number of carbonyl (C=O) groups is 3. The fraction of sp³-hybridized carbons (Fsp3) is 0.267. The standard InChI is InChI=1S/C15H16N2O4S/c1-9(13-4-3-5-22-13)17-14(19)8-21-15(20)12-6-11(7-16-12)10(2)18/h3-7,9,16H,8H2,1-2H3,(H,17,19)/t9-/m1/s1. The van der Waals surface area contributed by atoms with Gasteiger partial charge >= 0.3 is 5.97 Å². The number of carbonyl (C=O) groups excluding carboxylic acids is 3. The molecular weight excluding hydrogens is 304 g/mol. The first-order chi connectivity index (χ1) is 10.5. The van der Waals surface area contributed by atoms with Crippen molar-refractivity contribution in [3.05, 3.63) is 45.9 Å². The van der Waals surface area contributed by atoms with Gasteiger partial charge in [-0.15, -0.1) is 11.3 Å². The van der Waals surface area contributed by atoms with Gasteiger partial charge < -0.3 is 15.0 Å². The average molecular weight is 320 g/mol. The van der Waals surface area contributed by atoms with E-state index in [0.29, 0.717) is 5.56 Å². The smallest absolute Gasteiger partial charge is 0.355 e. The molecule has 2 aromatic rings. The topological polar surface area (TPSA) is 88.3 Å². The van der Waals surface area contributed by atoms with Gasteiger partial charge in [-0.3, -0.25) is 9.59 Å². The van der Waals surface area contributed by atoms with Gasteiger partial charge in [0.25, 0.3) is 5.91 Å². The van der Waals surface area contributed by atoms with Gasteiger partial charge in [0.15, 0.2) is 12.4 Å². The third-order valence-corrected chi connectivity index (χ3v) is 4.05. The highest BCUT2D eigenvalue weighted by Gasteiger charge is 2.15. The summed E-state index contributed by atoms with van der Waals surface area (Å²) in [7, 11) is 0. The number of aromatic nitrogens is 1. The Kier molecular flexibility index (Phi) is 5.11. The molecule has 0 unspecified atom stereocenters. The number of aromatic amines is 1. The fourth-order valence-electron chi connectivity index (χ4n) is 1.82. The highest BCUT2D eigenvalue weighted by atomic mass is 32.1. The summed E-state index contributed by atoms with van der Waals surface area (Å²) >= 11 is 1.54. The number of hydrogen-bond acceptors (Lipinski definition) is 5. The van der Waals surface area contributed by atoms with Crippen LogP contribution in [-0.4, -0.2) is 29.3 Å². The van der Waals surface area contributed by atoms with Gasteiger partial charge in [-0.1, -0.05) is 6.07 Å². The van der Waals surface area contributed by atoms with Crippen LogP contribution in [0.3, 0.4) is 0 Å². The Hall–Kier alpha value is -2.41. The van der Waals surface area contributed by atoms with Crippen molar-refractivity contribution in [3.8, 4) is 0 Å². The number of nitrogens with one attached hydrogen (secondary N) is 2. The summed E-state index contributed by atoms with van der Waals surface area (Å²) in [5.41, 5.74) is 0.534. The molecule has 2 rings (SSSR count). The Balaban J connectivity index is 1.82. The van der Waals surface area contributed by atoms with E-state index in [9.17, 15) is 14.4 Å². The zero-order valence-corrected chi connectivity index (χ0v) is 13.0. The molecular formula is C15H16N2O4S. The van der Waals surface area contributed by atoms with Crippen LogP contribution in [0.5, 0.6) is 0 Å². The number of rotatable bonds is 6. The monoisotopic (exact) mass is 320 g/mol. The van der Waals surface area contributed by atoms with Gasteiger partial charge in [-0.2, -0.15) is 0 Å². The SMILES string of the molecule is CC(=O)c1c[nH]c(C(=O)OCC(=O)N[C@H](C)c2cccs2)c1. The normalized spacial score (nSPS) is 11.7. The maximum Gasteiger partial charge on any atom is 0.355 e. The molecule has 6 nitrogen and oxygen atoms in total. The second-order valence-electron chi connectivity index (χ2n) is 4.74. The summed E-state index contributed by atoms with van der Waals surface area (Å²) < 4.78 is 4.91. The predicted molar refractivity (Wildman–Crippen MR) is 82.0 cm³/mol. The molecule has 2 aromatic heterocycles. The molecule has 1 atom stereocenters. The minimum atomic E-state index is -0.675. The van der Waals surface area contributed by atoms with E-state index in [-0.39, 0.29) is 30.0 Å². The maximum atomic E-state index is 11.8. The van der Waals surface area contributed by atoms with E-state index in [0.717, 1.165) is 4.88 Å². The first-order valence-corrected chi connectivity index (χ1v) is 7.54. The van der Waals surface area contributed by atoms with Crippen LogP contribution in [0.15, 0.2) is 29.8 Å². The number of Topliss-reactive ketones (excluding diaryl/α,β-unsaturated/α-hetero) is 1. The van der Waals surface area contributed by atoms with Gasteiger partial charge in [-0.05, 0) is 31.4 Å². The number of ether oxygens (including phenoxy) is 1. The van der Waals surface area contributed by atoms with E-state index < -0.39 is 5.97 Å². The predicted octanol–water partition coefficient (Wildman–Crippen LogP) is 2.31. The highest BCUT2D eigenvalue weighted by Crippen LogP contribution is 2.17. The van der Waals surface area contributed by atoms with Crippen molar-refractivity contribution < 1.29 is 19.1 Å². The average Bonchev–Trinajstić information content (AvgIpc) is 3.15. The third-order valence-electron chi connectivity index (χ3n) is 2.99. The molecule has 0 radical (unpaired) electrons. The quantitative estimate of drug-likeness (QED) is 0.631. The van der Waals surface area contributed by atoms with Crippen molar-refractivity contribution in [2.45, 2.75) is 19.9 Å². The third kappa shape index (κ3) is 4.05. The first kappa shape index (κ1) is 16.0. The Morgan fingerprint density at radius 1 is 1.41 bits per heavy atom. The van der Waals surface area contributed by atoms with Crippen molar-refractivity contribution in [1.82, 2.24) is 10.3 Å². The van der Waals surface area contributed by atoms with Gasteiger partial charge in [0.1, 0.15) is 5.69 Å². The number of esters is 1. The van der Waals surface area contributed by atoms with Gasteiger partial charge in [0, 0.05) is 16.6 Å². The summed E-state index contributed by atoms with van der Waals surface area (Å²) in [5.74, 6) is -1.21. The lowest BCUT2D eigenvalue weighted by Gasteiger charge is -2.12. The van der Waals surface area contributed by atoms with Crippen molar-refractivity contribution in [1.29, 1.82) is 0 Å². The minimum Gasteiger partial charge on any atom is -0.451 e. The van der Waals surface area contributed by atoms with E-state index in [1.165, 1.54) is 19.2 Å². The van der Waals surface area contributed by atoms with Crippen molar-refractivity contribution in [2.24, 2.45) is 0 Å². The van der Waals surface area contributed by atoms with Crippen LogP contribution in [0.4, 0.5) is 0 Å². The fourth-order valence-corrected chi connectivity index (χ4v) is 2.55. The molecule has 1 amide bonds. The highest BCUT2D eigenvalue weighted by molar-refractivity contribution is 7.10. The number of amides is 1. The number of ketones is 1. The Morgan fingerprint density at radius 2 is 2.18 bits per heavy atom. The number of hydrogen-bond donors (Lipinski definition) is 2. The number of H-pyrrole nitrogens is 1. The van der Waals surface area contributed by atoms with Crippen molar-refractivity contribution >= 4 is 29.0 Å². The number of thiophene rings is 1. The van der Waals surface area contributed by atoms with Gasteiger partial charge in [0.05, 0.1) is 6.04 Å². The maximum absolute atomic E-state index is 11.8. The molecule has 0 spiro atoms. The molecule has 0 aliphatic heterocycles. The second-order valence-corrected chi connectivity index (χ2v) is 5.72. The zero-order valence-electron chi connectivity index (χ0n) is 12.2. The molecule has 2 N–H and O–H groups in total. The Bertz CT molecular complexity index is 676. The molecule has 2 heterocycles. The van der Waals surface area contributed by atoms with Crippen LogP contribution < -0.4 is 5.32 Å². The van der Waals surface area contributed by atoms with E-state index >= 15 is 0 Å².